The third-order valence-electron chi connectivity index (χ3n) is 3.12. The fourth-order valence-electron chi connectivity index (χ4n) is 2.33. The SMILES string of the molecule is CC(C)C[C@H]1CCCC[C@]1(C)O.S.S. The quantitative estimate of drug-likeness (QED) is 0.783. The van der Waals surface area contributed by atoms with Crippen LogP contribution in [0.1, 0.15) is 52.9 Å². The third-order valence-corrected chi connectivity index (χ3v) is 3.12. The fraction of sp³-hybridized carbons (Fsp3) is 1.00. The van der Waals surface area contributed by atoms with Gasteiger partial charge in [-0.25, -0.2) is 0 Å². The molecule has 1 fully saturated rings. The first-order chi connectivity index (χ1) is 5.52. The summed E-state index contributed by atoms with van der Waals surface area (Å²) in [6.45, 7) is 6.49. The molecule has 1 saturated carbocycles. The number of hydrogen-bond acceptors (Lipinski definition) is 1. The van der Waals surface area contributed by atoms with E-state index in [1.54, 1.807) is 0 Å². The first kappa shape index (κ1) is 17.1. The molecule has 88 valence electrons. The van der Waals surface area contributed by atoms with Gasteiger partial charge in [0.15, 0.2) is 0 Å². The maximum absolute atomic E-state index is 10.1. The van der Waals surface area contributed by atoms with Crippen molar-refractivity contribution in [2.45, 2.75) is 58.5 Å². The Morgan fingerprint density at radius 1 is 1.29 bits per heavy atom. The number of hydrogen-bond donors (Lipinski definition) is 1. The molecule has 0 spiro atoms. The van der Waals surface area contributed by atoms with Crippen LogP contribution < -0.4 is 0 Å². The Balaban J connectivity index is 0. The smallest absolute Gasteiger partial charge is 0.0647 e. The Morgan fingerprint density at radius 2 is 1.86 bits per heavy atom. The van der Waals surface area contributed by atoms with Crippen LogP contribution in [0, 0.1) is 11.8 Å². The van der Waals surface area contributed by atoms with E-state index in [2.05, 4.69) is 13.8 Å². The predicted octanol–water partition coefficient (Wildman–Crippen LogP) is 3.20. The molecule has 0 amide bonds. The van der Waals surface area contributed by atoms with Crippen molar-refractivity contribution in [3.63, 3.8) is 0 Å². The van der Waals surface area contributed by atoms with Crippen molar-refractivity contribution in [1.29, 1.82) is 0 Å². The van der Waals surface area contributed by atoms with E-state index in [1.165, 1.54) is 25.7 Å². The monoisotopic (exact) mass is 238 g/mol. The zero-order chi connectivity index (χ0) is 9.19. The molecule has 0 unspecified atom stereocenters. The van der Waals surface area contributed by atoms with Crippen molar-refractivity contribution in [3.8, 4) is 0 Å². The van der Waals surface area contributed by atoms with Gasteiger partial charge in [-0.05, 0) is 38.0 Å². The van der Waals surface area contributed by atoms with Crippen LogP contribution in [0.2, 0.25) is 0 Å². The van der Waals surface area contributed by atoms with E-state index < -0.39 is 0 Å². The predicted molar refractivity (Wildman–Crippen MR) is 72.8 cm³/mol. The summed E-state index contributed by atoms with van der Waals surface area (Å²) in [6.07, 6.45) is 5.94. The molecule has 1 N–H and O–H groups in total. The van der Waals surface area contributed by atoms with Gasteiger partial charge in [0, 0.05) is 0 Å². The van der Waals surface area contributed by atoms with Gasteiger partial charge in [0.25, 0.3) is 0 Å². The highest BCUT2D eigenvalue weighted by Crippen LogP contribution is 2.37. The normalized spacial score (nSPS) is 31.9. The molecule has 14 heavy (non-hydrogen) atoms. The van der Waals surface area contributed by atoms with E-state index in [9.17, 15) is 5.11 Å². The largest absolute Gasteiger partial charge is 0.390 e. The fourth-order valence-corrected chi connectivity index (χ4v) is 2.33. The van der Waals surface area contributed by atoms with Gasteiger partial charge >= 0.3 is 0 Å². The molecular weight excluding hydrogens is 212 g/mol. The highest BCUT2D eigenvalue weighted by Gasteiger charge is 2.34. The lowest BCUT2D eigenvalue weighted by atomic mass is 9.73. The summed E-state index contributed by atoms with van der Waals surface area (Å²) in [7, 11) is 0. The van der Waals surface area contributed by atoms with E-state index in [0.29, 0.717) is 5.92 Å². The minimum absolute atomic E-state index is 0. The van der Waals surface area contributed by atoms with Gasteiger partial charge in [-0.1, -0.05) is 26.7 Å². The zero-order valence-electron chi connectivity index (χ0n) is 9.64. The average molecular weight is 238 g/mol. The molecule has 1 aliphatic rings. The van der Waals surface area contributed by atoms with Gasteiger partial charge in [0.2, 0.25) is 0 Å². The van der Waals surface area contributed by atoms with Crippen molar-refractivity contribution < 1.29 is 5.11 Å². The van der Waals surface area contributed by atoms with Gasteiger partial charge in [-0.3, -0.25) is 0 Å². The second-order valence-corrected chi connectivity index (χ2v) is 4.93. The minimum Gasteiger partial charge on any atom is -0.390 e. The first-order valence-corrected chi connectivity index (χ1v) is 5.25. The van der Waals surface area contributed by atoms with Crippen molar-refractivity contribution in [1.82, 2.24) is 0 Å². The summed E-state index contributed by atoms with van der Waals surface area (Å²) in [4.78, 5) is 0. The second-order valence-electron chi connectivity index (χ2n) is 4.93. The summed E-state index contributed by atoms with van der Waals surface area (Å²) < 4.78 is 0. The zero-order valence-corrected chi connectivity index (χ0v) is 11.6. The van der Waals surface area contributed by atoms with Gasteiger partial charge in [-0.2, -0.15) is 27.0 Å². The van der Waals surface area contributed by atoms with Crippen LogP contribution in [0.5, 0.6) is 0 Å². The topological polar surface area (TPSA) is 20.2 Å². The molecule has 0 bridgehead atoms. The van der Waals surface area contributed by atoms with Crippen LogP contribution in [0.3, 0.4) is 0 Å². The van der Waals surface area contributed by atoms with Crippen LogP contribution in [-0.2, 0) is 0 Å². The molecule has 0 radical (unpaired) electrons. The lowest BCUT2D eigenvalue weighted by Gasteiger charge is -2.38. The molecule has 0 aromatic carbocycles. The maximum Gasteiger partial charge on any atom is 0.0647 e. The summed E-state index contributed by atoms with van der Waals surface area (Å²) in [6, 6.07) is 0. The lowest BCUT2D eigenvalue weighted by Crippen LogP contribution is -2.38. The Labute approximate surface area is 103 Å². The highest BCUT2D eigenvalue weighted by molar-refractivity contribution is 7.59. The van der Waals surface area contributed by atoms with Crippen molar-refractivity contribution in [3.05, 3.63) is 0 Å². The molecule has 3 heteroatoms. The average Bonchev–Trinajstić information content (AvgIpc) is 1.92. The molecule has 0 aromatic heterocycles. The lowest BCUT2D eigenvalue weighted by molar-refractivity contribution is -0.0392. The van der Waals surface area contributed by atoms with Gasteiger partial charge in [0.05, 0.1) is 5.60 Å². The van der Waals surface area contributed by atoms with Crippen LogP contribution in [0.15, 0.2) is 0 Å². The molecule has 0 saturated heterocycles. The molecule has 0 aliphatic heterocycles. The first-order valence-electron chi connectivity index (χ1n) is 5.25. The minimum atomic E-state index is -0.373. The Morgan fingerprint density at radius 3 is 2.29 bits per heavy atom. The van der Waals surface area contributed by atoms with Crippen LogP contribution in [0.4, 0.5) is 0 Å². The molecule has 0 heterocycles. The van der Waals surface area contributed by atoms with Crippen LogP contribution in [0.25, 0.3) is 0 Å². The van der Waals surface area contributed by atoms with Crippen molar-refractivity contribution >= 4 is 27.0 Å². The summed E-state index contributed by atoms with van der Waals surface area (Å²) in [5.74, 6) is 1.27. The molecular formula is C11H26OS2. The van der Waals surface area contributed by atoms with Gasteiger partial charge in [-0.15, -0.1) is 0 Å². The van der Waals surface area contributed by atoms with E-state index in [4.69, 9.17) is 0 Å². The van der Waals surface area contributed by atoms with Crippen molar-refractivity contribution in [2.24, 2.45) is 11.8 Å². The second kappa shape index (κ2) is 7.02. The van der Waals surface area contributed by atoms with Gasteiger partial charge < -0.3 is 5.11 Å². The van der Waals surface area contributed by atoms with Crippen LogP contribution >= 0.6 is 27.0 Å². The Kier molecular flexibility index (Phi) is 8.56. The third kappa shape index (κ3) is 4.94. The number of rotatable bonds is 2. The molecule has 1 nitrogen and oxygen atoms in total. The standard InChI is InChI=1S/C11H22O.2H2S/c1-9(2)8-10-6-4-5-7-11(10,3)12;;/h9-10,12H,4-8H2,1-3H3;2*1H2/t10-,11+;;/m1../s1. The summed E-state index contributed by atoms with van der Waals surface area (Å²) in [5, 5.41) is 10.1. The maximum atomic E-state index is 10.1. The van der Waals surface area contributed by atoms with E-state index in [1.807, 2.05) is 6.92 Å². The summed E-state index contributed by atoms with van der Waals surface area (Å²) >= 11 is 0. The van der Waals surface area contributed by atoms with E-state index >= 15 is 0 Å². The molecule has 1 aliphatic carbocycles. The van der Waals surface area contributed by atoms with E-state index in [-0.39, 0.29) is 32.6 Å². The Hall–Kier alpha value is 0.660. The van der Waals surface area contributed by atoms with Crippen LogP contribution in [-0.4, -0.2) is 10.7 Å². The highest BCUT2D eigenvalue weighted by atomic mass is 32.1. The van der Waals surface area contributed by atoms with Crippen molar-refractivity contribution in [2.75, 3.05) is 0 Å². The molecule has 0 aromatic rings. The molecule has 1 rings (SSSR count). The van der Waals surface area contributed by atoms with E-state index in [0.717, 1.165) is 12.3 Å². The number of aliphatic hydroxyl groups is 1. The van der Waals surface area contributed by atoms with Gasteiger partial charge in [0.1, 0.15) is 0 Å². The Bertz CT molecular complexity index is 146. The summed E-state index contributed by atoms with van der Waals surface area (Å²) in [5.41, 5.74) is -0.373. The molecule has 2 atom stereocenters.